The van der Waals surface area contributed by atoms with Crippen molar-refractivity contribution < 1.29 is 18.4 Å². The molecule has 0 aromatic heterocycles. The summed E-state index contributed by atoms with van der Waals surface area (Å²) in [6.45, 7) is 0. The molecule has 0 bridgehead atoms. The summed E-state index contributed by atoms with van der Waals surface area (Å²) >= 11 is 6.00. The first-order valence-corrected chi connectivity index (χ1v) is 8.25. The molecule has 0 saturated heterocycles. The molecular weight excluding hydrogens is 374 g/mol. The van der Waals surface area contributed by atoms with Gasteiger partial charge in [-0.2, -0.15) is 0 Å². The number of carbonyl (C=O) groups excluding carboxylic acids is 2. The molecule has 0 fully saturated rings. The zero-order chi connectivity index (χ0) is 19.4. The predicted octanol–water partition coefficient (Wildman–Crippen LogP) is 5.12. The van der Waals surface area contributed by atoms with Gasteiger partial charge in [-0.05, 0) is 48.5 Å². The molecule has 2 amide bonds. The fourth-order valence-electron chi connectivity index (χ4n) is 2.33. The molecule has 3 aromatic carbocycles. The van der Waals surface area contributed by atoms with Crippen molar-refractivity contribution in [1.29, 1.82) is 0 Å². The Labute approximate surface area is 158 Å². The smallest absolute Gasteiger partial charge is 0.255 e. The lowest BCUT2D eigenvalue weighted by atomic mass is 10.1. The summed E-state index contributed by atoms with van der Waals surface area (Å²) in [4.78, 5) is 24.4. The van der Waals surface area contributed by atoms with E-state index in [-0.39, 0.29) is 5.56 Å². The third kappa shape index (κ3) is 4.30. The van der Waals surface area contributed by atoms with E-state index in [1.165, 1.54) is 30.3 Å². The van der Waals surface area contributed by atoms with E-state index in [4.69, 9.17) is 11.6 Å². The number of para-hydroxylation sites is 2. The first-order chi connectivity index (χ1) is 13.0. The molecule has 0 aliphatic carbocycles. The maximum Gasteiger partial charge on any atom is 0.255 e. The molecule has 7 heteroatoms. The molecule has 0 heterocycles. The van der Waals surface area contributed by atoms with Gasteiger partial charge in [0.2, 0.25) is 0 Å². The number of hydrogen-bond acceptors (Lipinski definition) is 2. The fraction of sp³-hybridized carbons (Fsp3) is 0. The summed E-state index contributed by atoms with van der Waals surface area (Å²) in [7, 11) is 0. The highest BCUT2D eigenvalue weighted by Crippen LogP contribution is 2.22. The van der Waals surface area contributed by atoms with E-state index in [0.29, 0.717) is 16.3 Å². The molecule has 27 heavy (non-hydrogen) atoms. The highest BCUT2D eigenvalue weighted by molar-refractivity contribution is 6.33. The molecule has 3 aromatic rings. The van der Waals surface area contributed by atoms with Crippen LogP contribution in [0.3, 0.4) is 0 Å². The van der Waals surface area contributed by atoms with Crippen LogP contribution in [0.1, 0.15) is 20.7 Å². The van der Waals surface area contributed by atoms with Crippen molar-refractivity contribution in [1.82, 2.24) is 0 Å². The second-order valence-corrected chi connectivity index (χ2v) is 5.97. The third-order valence-electron chi connectivity index (χ3n) is 3.73. The summed E-state index contributed by atoms with van der Waals surface area (Å²) < 4.78 is 27.2. The van der Waals surface area contributed by atoms with Crippen LogP contribution in [0.4, 0.5) is 20.2 Å². The molecule has 0 aliphatic heterocycles. The lowest BCUT2D eigenvalue weighted by Crippen LogP contribution is -2.15. The number of nitrogens with one attached hydrogen (secondary N) is 2. The maximum absolute atomic E-state index is 13.6. The largest absolute Gasteiger partial charge is 0.321 e. The van der Waals surface area contributed by atoms with Crippen molar-refractivity contribution in [2.75, 3.05) is 10.6 Å². The fourth-order valence-corrected chi connectivity index (χ4v) is 2.52. The number of carbonyl (C=O) groups is 2. The lowest BCUT2D eigenvalue weighted by Gasteiger charge is -2.09. The van der Waals surface area contributed by atoms with Crippen molar-refractivity contribution in [2.24, 2.45) is 0 Å². The second kappa shape index (κ2) is 7.97. The Kier molecular flexibility index (Phi) is 5.47. The minimum atomic E-state index is -0.876. The Balaban J connectivity index is 1.72. The van der Waals surface area contributed by atoms with E-state index >= 15 is 0 Å². The number of halogens is 3. The first-order valence-electron chi connectivity index (χ1n) is 7.87. The van der Waals surface area contributed by atoms with Crippen LogP contribution < -0.4 is 10.6 Å². The Bertz CT molecular complexity index is 987. The van der Waals surface area contributed by atoms with Gasteiger partial charge in [0.15, 0.2) is 0 Å². The van der Waals surface area contributed by atoms with E-state index in [9.17, 15) is 18.4 Å². The highest BCUT2D eigenvalue weighted by Gasteiger charge is 2.14. The van der Waals surface area contributed by atoms with Crippen molar-refractivity contribution >= 4 is 34.8 Å². The van der Waals surface area contributed by atoms with Crippen molar-refractivity contribution in [3.05, 3.63) is 94.5 Å². The molecule has 136 valence electrons. The minimum Gasteiger partial charge on any atom is -0.321 e. The van der Waals surface area contributed by atoms with Crippen molar-refractivity contribution in [2.45, 2.75) is 0 Å². The summed E-state index contributed by atoms with van der Waals surface area (Å²) in [6, 6.07) is 15.7. The Morgan fingerprint density at radius 1 is 0.704 bits per heavy atom. The number of benzene rings is 3. The van der Waals surface area contributed by atoms with Gasteiger partial charge in [-0.3, -0.25) is 9.59 Å². The Morgan fingerprint density at radius 3 is 1.78 bits per heavy atom. The predicted molar refractivity (Wildman–Crippen MR) is 100 cm³/mol. The van der Waals surface area contributed by atoms with Gasteiger partial charge in [0.05, 0.1) is 10.7 Å². The molecule has 0 aliphatic rings. The van der Waals surface area contributed by atoms with Crippen LogP contribution in [0.5, 0.6) is 0 Å². The molecular formula is C20H13ClF2N2O2. The zero-order valence-corrected chi connectivity index (χ0v) is 14.6. The molecule has 2 N–H and O–H groups in total. The molecule has 0 unspecified atom stereocenters. The molecule has 0 spiro atoms. The first kappa shape index (κ1) is 18.5. The second-order valence-electron chi connectivity index (χ2n) is 5.56. The van der Waals surface area contributed by atoms with Crippen molar-refractivity contribution in [3.63, 3.8) is 0 Å². The van der Waals surface area contributed by atoms with Gasteiger partial charge >= 0.3 is 0 Å². The van der Waals surface area contributed by atoms with Gasteiger partial charge in [0.1, 0.15) is 17.3 Å². The maximum atomic E-state index is 13.6. The van der Waals surface area contributed by atoms with E-state index in [2.05, 4.69) is 10.6 Å². The van der Waals surface area contributed by atoms with Crippen LogP contribution in [0.15, 0.2) is 66.7 Å². The summed E-state index contributed by atoms with van der Waals surface area (Å²) in [5.41, 5.74) is 0.375. The molecule has 0 atom stereocenters. The van der Waals surface area contributed by atoms with Gasteiger partial charge < -0.3 is 10.6 Å². The van der Waals surface area contributed by atoms with E-state index < -0.39 is 29.1 Å². The van der Waals surface area contributed by atoms with E-state index in [0.717, 1.165) is 12.1 Å². The van der Waals surface area contributed by atoms with Gasteiger partial charge in [0, 0.05) is 11.1 Å². The van der Waals surface area contributed by atoms with Crippen LogP contribution in [0, 0.1) is 11.6 Å². The average molecular weight is 387 g/mol. The van der Waals surface area contributed by atoms with Crippen LogP contribution >= 0.6 is 11.6 Å². The quantitative estimate of drug-likeness (QED) is 0.653. The summed E-state index contributed by atoms with van der Waals surface area (Å²) in [5.74, 6) is -2.86. The summed E-state index contributed by atoms with van der Waals surface area (Å²) in [5, 5.41) is 5.24. The van der Waals surface area contributed by atoms with Crippen LogP contribution in [0.2, 0.25) is 5.02 Å². The van der Waals surface area contributed by atoms with E-state index in [1.54, 1.807) is 24.3 Å². The SMILES string of the molecule is O=C(Nc1ccccc1Cl)c1ccc(C(=O)Nc2c(F)cccc2F)cc1. The number of anilines is 2. The van der Waals surface area contributed by atoms with Crippen LogP contribution in [-0.2, 0) is 0 Å². The van der Waals surface area contributed by atoms with Crippen LogP contribution in [-0.4, -0.2) is 11.8 Å². The van der Waals surface area contributed by atoms with Crippen molar-refractivity contribution in [3.8, 4) is 0 Å². The topological polar surface area (TPSA) is 58.2 Å². The molecule has 3 rings (SSSR count). The normalized spacial score (nSPS) is 10.3. The number of rotatable bonds is 4. The zero-order valence-electron chi connectivity index (χ0n) is 13.8. The van der Waals surface area contributed by atoms with Gasteiger partial charge in [-0.15, -0.1) is 0 Å². The minimum absolute atomic E-state index is 0.145. The monoisotopic (exact) mass is 386 g/mol. The molecule has 4 nitrogen and oxygen atoms in total. The van der Waals surface area contributed by atoms with Gasteiger partial charge in [-0.25, -0.2) is 8.78 Å². The standard InChI is InChI=1S/C20H13ClF2N2O2/c21-14-4-1-2-7-17(14)24-19(26)12-8-10-13(11-9-12)20(27)25-18-15(22)5-3-6-16(18)23/h1-11H,(H,24,26)(H,25,27). The molecule has 0 radical (unpaired) electrons. The van der Waals surface area contributed by atoms with E-state index in [1.807, 2.05) is 0 Å². The van der Waals surface area contributed by atoms with Gasteiger partial charge in [0.25, 0.3) is 11.8 Å². The molecule has 0 saturated carbocycles. The Hall–Kier alpha value is -3.25. The highest BCUT2D eigenvalue weighted by atomic mass is 35.5. The summed E-state index contributed by atoms with van der Waals surface area (Å²) in [6.07, 6.45) is 0. The number of amides is 2. The lowest BCUT2D eigenvalue weighted by molar-refractivity contribution is 0.101. The average Bonchev–Trinajstić information content (AvgIpc) is 2.66. The third-order valence-corrected chi connectivity index (χ3v) is 4.06. The Morgan fingerprint density at radius 2 is 1.22 bits per heavy atom. The van der Waals surface area contributed by atoms with Gasteiger partial charge in [-0.1, -0.05) is 29.8 Å². The number of hydrogen-bond donors (Lipinski definition) is 2. The van der Waals surface area contributed by atoms with Crippen LogP contribution in [0.25, 0.3) is 0 Å².